The second-order valence-electron chi connectivity index (χ2n) is 5.45. The lowest BCUT2D eigenvalue weighted by Crippen LogP contribution is -2.54. The Labute approximate surface area is 124 Å². The van der Waals surface area contributed by atoms with Gasteiger partial charge in [-0.15, -0.1) is 11.3 Å². The number of hydrogen-bond donors (Lipinski definition) is 2. The lowest BCUT2D eigenvalue weighted by atomic mass is 9.74. The van der Waals surface area contributed by atoms with Crippen molar-refractivity contribution in [3.63, 3.8) is 0 Å². The number of benzene rings is 1. The molecule has 2 N–H and O–H groups in total. The zero-order chi connectivity index (χ0) is 15.0. The fourth-order valence-corrected chi connectivity index (χ4v) is 3.64. The minimum Gasteiger partial charge on any atom is -0.481 e. The Morgan fingerprint density at radius 1 is 1.33 bits per heavy atom. The summed E-state index contributed by atoms with van der Waals surface area (Å²) in [5, 5.41) is 12.6. The van der Waals surface area contributed by atoms with Gasteiger partial charge in [-0.1, -0.05) is 6.07 Å². The van der Waals surface area contributed by atoms with Crippen molar-refractivity contribution in [2.75, 3.05) is 0 Å². The largest absolute Gasteiger partial charge is 0.481 e. The van der Waals surface area contributed by atoms with Crippen LogP contribution in [0.1, 0.15) is 35.4 Å². The van der Waals surface area contributed by atoms with Gasteiger partial charge in [0.2, 0.25) is 0 Å². The molecule has 1 aromatic heterocycles. The number of carbonyl (C=O) groups excluding carboxylic acids is 1. The fourth-order valence-electron chi connectivity index (χ4n) is 2.66. The second kappa shape index (κ2) is 5.11. The van der Waals surface area contributed by atoms with Crippen molar-refractivity contribution in [3.8, 4) is 0 Å². The van der Waals surface area contributed by atoms with E-state index in [4.69, 9.17) is 5.11 Å². The predicted octanol–water partition coefficient (Wildman–Crippen LogP) is 3.17. The standard InChI is InChI=1S/C15H14FNO3S/c16-10-3-2-9-6-12(21-11(9)7-10)14(20)17-15(4-1-5-15)8-13(18)19/h2-3,6-7H,1,4-5,8H2,(H,17,20)(H,18,19). The maximum absolute atomic E-state index is 13.2. The molecule has 0 spiro atoms. The van der Waals surface area contributed by atoms with E-state index < -0.39 is 11.5 Å². The van der Waals surface area contributed by atoms with Gasteiger partial charge in [-0.3, -0.25) is 9.59 Å². The molecule has 0 atom stereocenters. The highest BCUT2D eigenvalue weighted by molar-refractivity contribution is 7.20. The summed E-state index contributed by atoms with van der Waals surface area (Å²) < 4.78 is 13.9. The molecule has 1 aliphatic carbocycles. The summed E-state index contributed by atoms with van der Waals surface area (Å²) in [5.41, 5.74) is -0.621. The average molecular weight is 307 g/mol. The lowest BCUT2D eigenvalue weighted by molar-refractivity contribution is -0.139. The summed E-state index contributed by atoms with van der Waals surface area (Å²) in [6.45, 7) is 0. The quantitative estimate of drug-likeness (QED) is 0.911. The first-order chi connectivity index (χ1) is 9.97. The fraction of sp³-hybridized carbons (Fsp3) is 0.333. The summed E-state index contributed by atoms with van der Waals surface area (Å²) >= 11 is 1.21. The van der Waals surface area contributed by atoms with Crippen molar-refractivity contribution in [2.45, 2.75) is 31.2 Å². The summed E-state index contributed by atoms with van der Waals surface area (Å²) in [6.07, 6.45) is 2.23. The first-order valence-electron chi connectivity index (χ1n) is 6.71. The predicted molar refractivity (Wildman–Crippen MR) is 78.1 cm³/mol. The van der Waals surface area contributed by atoms with Gasteiger partial charge in [0.1, 0.15) is 5.82 Å². The molecule has 110 valence electrons. The number of fused-ring (bicyclic) bond motifs is 1. The molecule has 1 fully saturated rings. The highest BCUT2D eigenvalue weighted by atomic mass is 32.1. The van der Waals surface area contributed by atoms with Gasteiger partial charge in [0, 0.05) is 4.70 Å². The third kappa shape index (κ3) is 2.76. The molecule has 0 bridgehead atoms. The van der Waals surface area contributed by atoms with Crippen LogP contribution in [0.5, 0.6) is 0 Å². The molecular formula is C15H14FNO3S. The normalized spacial score (nSPS) is 16.4. The highest BCUT2D eigenvalue weighted by Crippen LogP contribution is 2.36. The number of aliphatic carboxylic acids is 1. The number of thiophene rings is 1. The van der Waals surface area contributed by atoms with Crippen molar-refractivity contribution >= 4 is 33.3 Å². The van der Waals surface area contributed by atoms with Crippen molar-refractivity contribution < 1.29 is 19.1 Å². The topological polar surface area (TPSA) is 66.4 Å². The Hall–Kier alpha value is -1.95. The molecule has 0 radical (unpaired) electrons. The Morgan fingerprint density at radius 3 is 2.71 bits per heavy atom. The van der Waals surface area contributed by atoms with E-state index in [1.807, 2.05) is 0 Å². The van der Waals surface area contributed by atoms with E-state index in [2.05, 4.69) is 5.32 Å². The molecule has 1 aliphatic rings. The van der Waals surface area contributed by atoms with E-state index in [9.17, 15) is 14.0 Å². The third-order valence-corrected chi connectivity index (χ3v) is 4.98. The molecule has 2 aromatic rings. The van der Waals surface area contributed by atoms with E-state index >= 15 is 0 Å². The van der Waals surface area contributed by atoms with Gasteiger partial charge in [-0.25, -0.2) is 4.39 Å². The molecule has 21 heavy (non-hydrogen) atoms. The van der Waals surface area contributed by atoms with Gasteiger partial charge in [0.25, 0.3) is 5.91 Å². The number of carboxylic acid groups (broad SMARTS) is 1. The van der Waals surface area contributed by atoms with E-state index in [-0.39, 0.29) is 18.1 Å². The SMILES string of the molecule is O=C(O)CC1(NC(=O)c2cc3ccc(F)cc3s2)CCC1. The molecule has 6 heteroatoms. The van der Waals surface area contributed by atoms with Gasteiger partial charge in [0.05, 0.1) is 16.8 Å². The monoisotopic (exact) mass is 307 g/mol. The van der Waals surface area contributed by atoms with Crippen LogP contribution in [0, 0.1) is 5.82 Å². The number of hydrogen-bond acceptors (Lipinski definition) is 3. The minimum atomic E-state index is -0.909. The Kier molecular flexibility index (Phi) is 3.41. The molecule has 1 aromatic carbocycles. The van der Waals surface area contributed by atoms with Crippen LogP contribution in [0.4, 0.5) is 4.39 Å². The van der Waals surface area contributed by atoms with Crippen LogP contribution in [0.3, 0.4) is 0 Å². The summed E-state index contributed by atoms with van der Waals surface area (Å²) in [4.78, 5) is 23.7. The first-order valence-corrected chi connectivity index (χ1v) is 7.53. The number of amides is 1. The van der Waals surface area contributed by atoms with Crippen LogP contribution < -0.4 is 5.32 Å². The molecule has 0 saturated heterocycles. The molecule has 1 heterocycles. The molecule has 0 aliphatic heterocycles. The average Bonchev–Trinajstić information content (AvgIpc) is 2.78. The molecule has 4 nitrogen and oxygen atoms in total. The number of rotatable bonds is 4. The molecule has 3 rings (SSSR count). The molecule has 0 unspecified atom stereocenters. The Bertz CT molecular complexity index is 721. The Balaban J connectivity index is 1.81. The van der Waals surface area contributed by atoms with Gasteiger partial charge in [0.15, 0.2) is 0 Å². The van der Waals surface area contributed by atoms with Crippen LogP contribution in [0.2, 0.25) is 0 Å². The number of halogens is 1. The van der Waals surface area contributed by atoms with Gasteiger partial charge >= 0.3 is 5.97 Å². The van der Waals surface area contributed by atoms with Crippen LogP contribution in [0.25, 0.3) is 10.1 Å². The van der Waals surface area contributed by atoms with Gasteiger partial charge < -0.3 is 10.4 Å². The van der Waals surface area contributed by atoms with Crippen LogP contribution in [0.15, 0.2) is 24.3 Å². The smallest absolute Gasteiger partial charge is 0.305 e. The number of carbonyl (C=O) groups is 2. The second-order valence-corrected chi connectivity index (χ2v) is 6.54. The van der Waals surface area contributed by atoms with Crippen molar-refractivity contribution in [2.24, 2.45) is 0 Å². The van der Waals surface area contributed by atoms with E-state index in [1.54, 1.807) is 12.1 Å². The maximum Gasteiger partial charge on any atom is 0.305 e. The Morgan fingerprint density at radius 2 is 2.10 bits per heavy atom. The van der Waals surface area contributed by atoms with Crippen LogP contribution >= 0.6 is 11.3 Å². The van der Waals surface area contributed by atoms with Gasteiger partial charge in [-0.2, -0.15) is 0 Å². The lowest BCUT2D eigenvalue weighted by Gasteiger charge is -2.41. The molecule has 1 amide bonds. The van der Waals surface area contributed by atoms with Crippen LogP contribution in [-0.4, -0.2) is 22.5 Å². The van der Waals surface area contributed by atoms with Crippen molar-refractivity contribution in [1.29, 1.82) is 0 Å². The highest BCUT2D eigenvalue weighted by Gasteiger charge is 2.40. The maximum atomic E-state index is 13.2. The first kappa shape index (κ1) is 14.0. The van der Waals surface area contributed by atoms with Crippen molar-refractivity contribution in [3.05, 3.63) is 35.0 Å². The van der Waals surface area contributed by atoms with E-state index in [1.165, 1.54) is 23.5 Å². The van der Waals surface area contributed by atoms with E-state index in [0.717, 1.165) is 11.8 Å². The summed E-state index contributed by atoms with van der Waals surface area (Å²) in [7, 11) is 0. The number of carboxylic acids is 1. The minimum absolute atomic E-state index is 0.0573. The molecular weight excluding hydrogens is 293 g/mol. The summed E-state index contributed by atoms with van der Waals surface area (Å²) in [5.74, 6) is -1.52. The van der Waals surface area contributed by atoms with Crippen LogP contribution in [-0.2, 0) is 4.79 Å². The molecule has 1 saturated carbocycles. The van der Waals surface area contributed by atoms with Gasteiger partial charge in [-0.05, 0) is 42.8 Å². The van der Waals surface area contributed by atoms with E-state index in [0.29, 0.717) is 22.4 Å². The zero-order valence-electron chi connectivity index (χ0n) is 11.2. The van der Waals surface area contributed by atoms with Crippen molar-refractivity contribution in [1.82, 2.24) is 5.32 Å². The summed E-state index contributed by atoms with van der Waals surface area (Å²) in [6, 6.07) is 6.10. The number of nitrogens with one attached hydrogen (secondary N) is 1. The third-order valence-electron chi connectivity index (χ3n) is 3.88. The zero-order valence-corrected chi connectivity index (χ0v) is 12.0.